The predicted octanol–water partition coefficient (Wildman–Crippen LogP) is 5.02. The van der Waals surface area contributed by atoms with Gasteiger partial charge in [-0.15, -0.1) is 0 Å². The maximum atomic E-state index is 13.2. The Morgan fingerprint density at radius 1 is 1.00 bits per heavy atom. The van der Waals surface area contributed by atoms with E-state index in [0.29, 0.717) is 25.4 Å². The van der Waals surface area contributed by atoms with Crippen LogP contribution >= 0.6 is 0 Å². The number of furan rings is 1. The molecule has 1 fully saturated rings. The molecule has 0 aliphatic heterocycles. The third-order valence-corrected chi connectivity index (χ3v) is 5.99. The van der Waals surface area contributed by atoms with Gasteiger partial charge in [0.1, 0.15) is 5.76 Å². The zero-order valence-electron chi connectivity index (χ0n) is 18.3. The first-order chi connectivity index (χ1) is 14.5. The summed E-state index contributed by atoms with van der Waals surface area (Å²) in [5.41, 5.74) is 1.06. The van der Waals surface area contributed by atoms with Crippen LogP contribution in [0.25, 0.3) is 0 Å². The Labute approximate surface area is 180 Å². The van der Waals surface area contributed by atoms with Crippen molar-refractivity contribution >= 4 is 11.8 Å². The van der Waals surface area contributed by atoms with Crippen LogP contribution in [0.1, 0.15) is 63.7 Å². The van der Waals surface area contributed by atoms with Crippen LogP contribution in [-0.4, -0.2) is 34.2 Å². The first kappa shape index (κ1) is 22.1. The highest BCUT2D eigenvalue weighted by molar-refractivity contribution is 5.85. The molecule has 1 saturated carbocycles. The summed E-state index contributed by atoms with van der Waals surface area (Å²) in [6.45, 7) is 4.95. The Morgan fingerprint density at radius 2 is 1.73 bits per heavy atom. The molecule has 1 aromatic carbocycles. The summed E-state index contributed by atoms with van der Waals surface area (Å²) in [4.78, 5) is 29.7. The van der Waals surface area contributed by atoms with E-state index >= 15 is 0 Å². The minimum absolute atomic E-state index is 0.00721. The fourth-order valence-electron chi connectivity index (χ4n) is 4.20. The third-order valence-electron chi connectivity index (χ3n) is 5.99. The van der Waals surface area contributed by atoms with Crippen LogP contribution in [0, 0.1) is 5.92 Å². The first-order valence-electron chi connectivity index (χ1n) is 11.2. The quantitative estimate of drug-likeness (QED) is 0.553. The van der Waals surface area contributed by atoms with Crippen molar-refractivity contribution < 1.29 is 14.0 Å². The maximum Gasteiger partial charge on any atom is 0.242 e. The van der Waals surface area contributed by atoms with Gasteiger partial charge >= 0.3 is 0 Å². The Kier molecular flexibility index (Phi) is 8.12. The maximum absolute atomic E-state index is 13.2. The van der Waals surface area contributed by atoms with Gasteiger partial charge in [0, 0.05) is 19.0 Å². The molecule has 0 unspecified atom stereocenters. The summed E-state index contributed by atoms with van der Waals surface area (Å²) in [7, 11) is 0. The molecule has 1 aliphatic carbocycles. The lowest BCUT2D eigenvalue weighted by molar-refractivity contribution is -0.143. The Hall–Kier alpha value is -2.56. The van der Waals surface area contributed by atoms with E-state index in [2.05, 4.69) is 0 Å². The molecule has 0 spiro atoms. The van der Waals surface area contributed by atoms with Crippen molar-refractivity contribution in [2.45, 2.75) is 71.5 Å². The molecule has 30 heavy (non-hydrogen) atoms. The monoisotopic (exact) mass is 410 g/mol. The zero-order chi connectivity index (χ0) is 21.3. The van der Waals surface area contributed by atoms with Crippen LogP contribution in [0.3, 0.4) is 0 Å². The zero-order valence-corrected chi connectivity index (χ0v) is 18.3. The van der Waals surface area contributed by atoms with Gasteiger partial charge in [-0.3, -0.25) is 9.59 Å². The van der Waals surface area contributed by atoms with Crippen molar-refractivity contribution in [2.24, 2.45) is 5.92 Å². The van der Waals surface area contributed by atoms with Gasteiger partial charge in [0.15, 0.2) is 0 Å². The number of amides is 2. The highest BCUT2D eigenvalue weighted by Gasteiger charge is 2.25. The van der Waals surface area contributed by atoms with Gasteiger partial charge in [-0.25, -0.2) is 0 Å². The van der Waals surface area contributed by atoms with Crippen LogP contribution in [0.15, 0.2) is 53.1 Å². The lowest BCUT2D eigenvalue weighted by Gasteiger charge is -2.30. The van der Waals surface area contributed by atoms with Crippen molar-refractivity contribution in [3.8, 4) is 0 Å². The van der Waals surface area contributed by atoms with E-state index in [1.165, 1.54) is 25.7 Å². The molecule has 5 nitrogen and oxygen atoms in total. The van der Waals surface area contributed by atoms with Gasteiger partial charge in [-0.05, 0) is 43.9 Å². The van der Waals surface area contributed by atoms with Gasteiger partial charge in [0.25, 0.3) is 0 Å². The van der Waals surface area contributed by atoms with Crippen LogP contribution in [0.2, 0.25) is 0 Å². The van der Waals surface area contributed by atoms with Gasteiger partial charge in [-0.1, -0.05) is 56.0 Å². The summed E-state index contributed by atoms with van der Waals surface area (Å²) >= 11 is 0. The number of nitrogens with zero attached hydrogens (tertiary/aromatic N) is 2. The lowest BCUT2D eigenvalue weighted by atomic mass is 10.0. The van der Waals surface area contributed by atoms with Crippen molar-refractivity contribution in [2.75, 3.05) is 6.54 Å². The largest absolute Gasteiger partial charge is 0.467 e. The van der Waals surface area contributed by atoms with Gasteiger partial charge < -0.3 is 14.2 Å². The second-order valence-corrected chi connectivity index (χ2v) is 8.62. The van der Waals surface area contributed by atoms with Crippen molar-refractivity contribution in [1.82, 2.24) is 9.80 Å². The highest BCUT2D eigenvalue weighted by Crippen LogP contribution is 2.28. The third kappa shape index (κ3) is 6.48. The average Bonchev–Trinajstić information content (AvgIpc) is 3.44. The van der Waals surface area contributed by atoms with Crippen molar-refractivity contribution in [1.29, 1.82) is 0 Å². The minimum atomic E-state index is -0.0573. The molecule has 3 rings (SSSR count). The van der Waals surface area contributed by atoms with E-state index in [1.54, 1.807) is 16.1 Å². The molecule has 0 bridgehead atoms. The van der Waals surface area contributed by atoms with Crippen LogP contribution in [-0.2, 0) is 22.7 Å². The number of hydrogen-bond donors (Lipinski definition) is 0. The molecule has 0 saturated heterocycles. The van der Waals surface area contributed by atoms with E-state index in [9.17, 15) is 9.59 Å². The van der Waals surface area contributed by atoms with E-state index < -0.39 is 0 Å². The molecule has 2 amide bonds. The van der Waals surface area contributed by atoms with Crippen LogP contribution in [0.4, 0.5) is 0 Å². The number of carbonyl (C=O) groups is 2. The Balaban J connectivity index is 1.65. The molecular weight excluding hydrogens is 376 g/mol. The number of benzene rings is 1. The number of carbonyl (C=O) groups excluding carboxylic acids is 2. The Bertz CT molecular complexity index is 780. The lowest BCUT2D eigenvalue weighted by Crippen LogP contribution is -2.45. The standard InChI is InChI=1S/C25H34N2O3/c1-20(2)27(24(28)15-14-21-9-6-7-10-21)19-25(29)26(18-23-13-8-16-30-23)17-22-11-4-3-5-12-22/h3-5,8,11-13,16,20-21H,6-7,9-10,14-15,17-19H2,1-2H3. The molecule has 0 radical (unpaired) electrons. The fraction of sp³-hybridized carbons (Fsp3) is 0.520. The molecule has 0 N–H and O–H groups in total. The first-order valence-corrected chi connectivity index (χ1v) is 11.2. The summed E-state index contributed by atoms with van der Waals surface area (Å²) < 4.78 is 5.47. The second-order valence-electron chi connectivity index (χ2n) is 8.62. The van der Waals surface area contributed by atoms with Gasteiger partial charge in [-0.2, -0.15) is 0 Å². The fourth-order valence-corrected chi connectivity index (χ4v) is 4.20. The second kappa shape index (κ2) is 11.0. The predicted molar refractivity (Wildman–Crippen MR) is 117 cm³/mol. The molecule has 1 aromatic heterocycles. The molecular formula is C25H34N2O3. The summed E-state index contributed by atoms with van der Waals surface area (Å²) in [5, 5.41) is 0. The van der Waals surface area contributed by atoms with E-state index in [0.717, 1.165) is 17.7 Å². The molecule has 5 heteroatoms. The van der Waals surface area contributed by atoms with Crippen molar-refractivity contribution in [3.05, 3.63) is 60.1 Å². The summed E-state index contributed by atoms with van der Waals surface area (Å²) in [6.07, 6.45) is 8.14. The average molecular weight is 411 g/mol. The van der Waals surface area contributed by atoms with Gasteiger partial charge in [0.2, 0.25) is 11.8 Å². The molecule has 1 aliphatic rings. The SMILES string of the molecule is CC(C)N(CC(=O)N(Cc1ccccc1)Cc1ccco1)C(=O)CCC1CCCC1. The van der Waals surface area contributed by atoms with E-state index in [4.69, 9.17) is 4.42 Å². The van der Waals surface area contributed by atoms with E-state index in [1.807, 2.05) is 56.3 Å². The van der Waals surface area contributed by atoms with Gasteiger partial charge in [0.05, 0.1) is 19.4 Å². The molecule has 1 heterocycles. The van der Waals surface area contributed by atoms with Crippen LogP contribution < -0.4 is 0 Å². The van der Waals surface area contributed by atoms with Crippen molar-refractivity contribution in [3.63, 3.8) is 0 Å². The summed E-state index contributed by atoms with van der Waals surface area (Å²) in [6, 6.07) is 13.6. The Morgan fingerprint density at radius 3 is 2.37 bits per heavy atom. The molecule has 162 valence electrons. The topological polar surface area (TPSA) is 53.8 Å². The smallest absolute Gasteiger partial charge is 0.242 e. The highest BCUT2D eigenvalue weighted by atomic mass is 16.3. The molecule has 0 atom stereocenters. The normalized spacial score (nSPS) is 14.2. The minimum Gasteiger partial charge on any atom is -0.467 e. The number of hydrogen-bond acceptors (Lipinski definition) is 3. The molecule has 2 aromatic rings. The summed E-state index contributed by atoms with van der Waals surface area (Å²) in [5.74, 6) is 1.44. The van der Waals surface area contributed by atoms with E-state index in [-0.39, 0.29) is 24.4 Å². The number of rotatable bonds is 10. The van der Waals surface area contributed by atoms with Crippen LogP contribution in [0.5, 0.6) is 0 Å².